The molecule has 0 radical (unpaired) electrons. The lowest BCUT2D eigenvalue weighted by molar-refractivity contribution is -0.137. The molecule has 0 fully saturated rings. The average Bonchev–Trinajstić information content (AvgIpc) is 2.16. The van der Waals surface area contributed by atoms with Gasteiger partial charge in [-0.3, -0.25) is 10.2 Å². The van der Waals surface area contributed by atoms with Gasteiger partial charge in [-0.25, -0.2) is 5.84 Å². The van der Waals surface area contributed by atoms with Gasteiger partial charge in [-0.2, -0.15) is 0 Å². The second-order valence-corrected chi connectivity index (χ2v) is 2.32. The van der Waals surface area contributed by atoms with Crippen LogP contribution in [0.4, 0.5) is 0 Å². The molecule has 0 spiro atoms. The molecule has 0 aliphatic rings. The van der Waals surface area contributed by atoms with Crippen LogP contribution in [0.1, 0.15) is 0 Å². The van der Waals surface area contributed by atoms with E-state index in [1.165, 1.54) is 7.11 Å². The first-order valence-electron chi connectivity index (χ1n) is 3.86. The van der Waals surface area contributed by atoms with Gasteiger partial charge in [0, 0.05) is 14.2 Å². The van der Waals surface area contributed by atoms with Crippen molar-refractivity contribution >= 4 is 5.91 Å². The molecular weight excluding hydrogens is 176 g/mol. The average molecular weight is 192 g/mol. The van der Waals surface area contributed by atoms with Gasteiger partial charge in [0.1, 0.15) is 0 Å². The number of methoxy groups -OCH3 is 2. The Labute approximate surface area is 77.3 Å². The quantitative estimate of drug-likeness (QED) is 0.226. The summed E-state index contributed by atoms with van der Waals surface area (Å²) in [6, 6.07) is 0. The number of nitrogens with one attached hydrogen (secondary N) is 1. The van der Waals surface area contributed by atoms with E-state index in [-0.39, 0.29) is 6.61 Å². The normalized spacial score (nSPS) is 12.5. The second-order valence-electron chi connectivity index (χ2n) is 2.32. The molecular formula is C7H16N2O4. The van der Waals surface area contributed by atoms with Gasteiger partial charge in [0.2, 0.25) is 0 Å². The van der Waals surface area contributed by atoms with Crippen molar-refractivity contribution in [3.8, 4) is 0 Å². The molecule has 0 heterocycles. The Bertz CT molecular complexity index is 142. The van der Waals surface area contributed by atoms with Crippen molar-refractivity contribution in [2.75, 3.05) is 34.0 Å². The first-order valence-corrected chi connectivity index (χ1v) is 3.86. The number of ether oxygens (including phenoxy) is 3. The number of hydrogen-bond donors (Lipinski definition) is 2. The summed E-state index contributed by atoms with van der Waals surface area (Å²) in [4.78, 5) is 11.0. The standard InChI is InChI=1S/C7H16N2O4/c1-11-3-4-13-6(5-12-2)7(10)9-8/h6H,3-5,8H2,1-2H3,(H,9,10). The molecule has 78 valence electrons. The third-order valence-electron chi connectivity index (χ3n) is 1.36. The fraction of sp³-hybridized carbons (Fsp3) is 0.857. The SMILES string of the molecule is COCCOC(COC)C(=O)NN. The molecule has 1 unspecified atom stereocenters. The van der Waals surface area contributed by atoms with Crippen molar-refractivity contribution in [1.29, 1.82) is 0 Å². The van der Waals surface area contributed by atoms with Gasteiger partial charge >= 0.3 is 0 Å². The van der Waals surface area contributed by atoms with E-state index in [9.17, 15) is 4.79 Å². The van der Waals surface area contributed by atoms with Crippen molar-refractivity contribution in [3.05, 3.63) is 0 Å². The van der Waals surface area contributed by atoms with Crippen LogP contribution < -0.4 is 11.3 Å². The van der Waals surface area contributed by atoms with Crippen LogP contribution in [0.2, 0.25) is 0 Å². The lowest BCUT2D eigenvalue weighted by atomic mass is 10.3. The lowest BCUT2D eigenvalue weighted by Gasteiger charge is -2.14. The van der Waals surface area contributed by atoms with Crippen LogP contribution in [0, 0.1) is 0 Å². The van der Waals surface area contributed by atoms with Crippen LogP contribution in [-0.2, 0) is 19.0 Å². The molecule has 0 aliphatic heterocycles. The Morgan fingerprint density at radius 2 is 2.08 bits per heavy atom. The first kappa shape index (κ1) is 12.3. The fourth-order valence-corrected chi connectivity index (χ4v) is 0.718. The molecule has 1 atom stereocenters. The number of carbonyl (C=O) groups is 1. The van der Waals surface area contributed by atoms with E-state index in [4.69, 9.17) is 20.1 Å². The van der Waals surface area contributed by atoms with E-state index >= 15 is 0 Å². The topological polar surface area (TPSA) is 82.8 Å². The van der Waals surface area contributed by atoms with Crippen LogP contribution in [0.3, 0.4) is 0 Å². The van der Waals surface area contributed by atoms with Gasteiger partial charge in [-0.15, -0.1) is 0 Å². The van der Waals surface area contributed by atoms with Crippen LogP contribution >= 0.6 is 0 Å². The van der Waals surface area contributed by atoms with E-state index in [0.29, 0.717) is 13.2 Å². The zero-order valence-corrected chi connectivity index (χ0v) is 7.91. The number of rotatable bonds is 7. The van der Waals surface area contributed by atoms with Gasteiger partial charge in [0.05, 0.1) is 19.8 Å². The highest BCUT2D eigenvalue weighted by atomic mass is 16.5. The maximum Gasteiger partial charge on any atom is 0.265 e. The van der Waals surface area contributed by atoms with Crippen molar-refractivity contribution in [2.24, 2.45) is 5.84 Å². The molecule has 0 aromatic rings. The van der Waals surface area contributed by atoms with Crippen molar-refractivity contribution < 1.29 is 19.0 Å². The molecule has 0 aromatic heterocycles. The van der Waals surface area contributed by atoms with Crippen LogP contribution in [-0.4, -0.2) is 46.1 Å². The van der Waals surface area contributed by atoms with Crippen molar-refractivity contribution in [2.45, 2.75) is 6.10 Å². The molecule has 1 amide bonds. The molecule has 13 heavy (non-hydrogen) atoms. The highest BCUT2D eigenvalue weighted by molar-refractivity contribution is 5.80. The van der Waals surface area contributed by atoms with Crippen LogP contribution in [0.25, 0.3) is 0 Å². The van der Waals surface area contributed by atoms with E-state index in [0.717, 1.165) is 0 Å². The van der Waals surface area contributed by atoms with Gasteiger partial charge in [-0.1, -0.05) is 0 Å². The zero-order valence-electron chi connectivity index (χ0n) is 7.91. The largest absolute Gasteiger partial charge is 0.382 e. The number of hydrogen-bond acceptors (Lipinski definition) is 5. The minimum atomic E-state index is -0.676. The third kappa shape index (κ3) is 5.53. The number of amides is 1. The van der Waals surface area contributed by atoms with Gasteiger partial charge in [0.25, 0.3) is 5.91 Å². The Hall–Kier alpha value is -0.690. The van der Waals surface area contributed by atoms with Gasteiger partial charge in [-0.05, 0) is 0 Å². The molecule has 0 saturated carbocycles. The van der Waals surface area contributed by atoms with Gasteiger partial charge in [0.15, 0.2) is 6.10 Å². The highest BCUT2D eigenvalue weighted by Crippen LogP contribution is 1.92. The fourth-order valence-electron chi connectivity index (χ4n) is 0.718. The molecule has 0 aliphatic carbocycles. The summed E-state index contributed by atoms with van der Waals surface area (Å²) in [6.45, 7) is 0.933. The molecule has 0 bridgehead atoms. The van der Waals surface area contributed by atoms with Crippen LogP contribution in [0.5, 0.6) is 0 Å². The monoisotopic (exact) mass is 192 g/mol. The number of nitrogens with two attached hydrogens (primary N) is 1. The Morgan fingerprint density at radius 1 is 1.38 bits per heavy atom. The molecule has 0 saturated heterocycles. The maximum atomic E-state index is 11.0. The molecule has 0 rings (SSSR count). The Morgan fingerprint density at radius 3 is 2.54 bits per heavy atom. The number of hydrazine groups is 1. The predicted molar refractivity (Wildman–Crippen MR) is 45.8 cm³/mol. The summed E-state index contributed by atoms with van der Waals surface area (Å²) >= 11 is 0. The highest BCUT2D eigenvalue weighted by Gasteiger charge is 2.17. The Kier molecular flexibility index (Phi) is 7.51. The minimum Gasteiger partial charge on any atom is -0.382 e. The third-order valence-corrected chi connectivity index (χ3v) is 1.36. The molecule has 6 nitrogen and oxygen atoms in total. The summed E-state index contributed by atoms with van der Waals surface area (Å²) in [5.74, 6) is 4.54. The van der Waals surface area contributed by atoms with E-state index < -0.39 is 12.0 Å². The van der Waals surface area contributed by atoms with E-state index in [1.54, 1.807) is 7.11 Å². The van der Waals surface area contributed by atoms with Crippen molar-refractivity contribution in [3.63, 3.8) is 0 Å². The smallest absolute Gasteiger partial charge is 0.265 e. The van der Waals surface area contributed by atoms with Crippen molar-refractivity contribution in [1.82, 2.24) is 5.43 Å². The first-order chi connectivity index (χ1) is 6.26. The molecule has 3 N–H and O–H groups in total. The number of carbonyl (C=O) groups excluding carboxylic acids is 1. The summed E-state index contributed by atoms with van der Waals surface area (Å²) in [7, 11) is 3.04. The minimum absolute atomic E-state index is 0.173. The second kappa shape index (κ2) is 7.93. The summed E-state index contributed by atoms with van der Waals surface area (Å²) in [5.41, 5.74) is 1.99. The van der Waals surface area contributed by atoms with E-state index in [2.05, 4.69) is 0 Å². The molecule has 0 aromatic carbocycles. The summed E-state index contributed by atoms with van der Waals surface area (Å²) in [6.07, 6.45) is -0.676. The van der Waals surface area contributed by atoms with Gasteiger partial charge < -0.3 is 14.2 Å². The predicted octanol–water partition coefficient (Wildman–Crippen LogP) is -1.35. The zero-order chi connectivity index (χ0) is 10.1. The van der Waals surface area contributed by atoms with Crippen LogP contribution in [0.15, 0.2) is 0 Å². The summed E-state index contributed by atoms with van der Waals surface area (Å²) < 4.78 is 14.7. The Balaban J connectivity index is 3.73. The maximum absolute atomic E-state index is 11.0. The molecule has 6 heteroatoms. The van der Waals surface area contributed by atoms with E-state index in [1.807, 2.05) is 5.43 Å². The summed E-state index contributed by atoms with van der Waals surface area (Å²) in [5, 5.41) is 0. The lowest BCUT2D eigenvalue weighted by Crippen LogP contribution is -2.43.